The van der Waals surface area contributed by atoms with E-state index in [9.17, 15) is 22.8 Å². The number of aliphatic imine (C=N–C) groups is 2. The highest BCUT2D eigenvalue weighted by Crippen LogP contribution is 2.27. The van der Waals surface area contributed by atoms with Crippen molar-refractivity contribution >= 4 is 40.2 Å². The van der Waals surface area contributed by atoms with Gasteiger partial charge in [0.25, 0.3) is 5.91 Å². The molecule has 0 bridgehead atoms. The number of H-pyrrole nitrogens is 1. The zero-order valence-corrected chi connectivity index (χ0v) is 14.6. The number of amides is 1. The molecule has 3 N–H and O–H groups in total. The van der Waals surface area contributed by atoms with E-state index in [1.165, 1.54) is 18.3 Å². The van der Waals surface area contributed by atoms with Crippen molar-refractivity contribution in [3.63, 3.8) is 0 Å². The zero-order valence-electron chi connectivity index (χ0n) is 13.8. The Balaban J connectivity index is 1.74. The predicted octanol–water partition coefficient (Wildman–Crippen LogP) is 2.22. The van der Waals surface area contributed by atoms with Crippen molar-refractivity contribution < 1.29 is 18.0 Å². The van der Waals surface area contributed by atoms with Crippen LogP contribution in [0.1, 0.15) is 16.1 Å². The van der Waals surface area contributed by atoms with Crippen LogP contribution in [-0.4, -0.2) is 46.1 Å². The van der Waals surface area contributed by atoms with Crippen molar-refractivity contribution in [3.05, 3.63) is 39.9 Å². The molecule has 0 spiro atoms. The molecule has 8 nitrogen and oxygen atoms in total. The number of carbonyl (C=O) groups is 1. The number of nitrogens with one attached hydrogen (secondary N) is 3. The predicted molar refractivity (Wildman–Crippen MR) is 96.1 cm³/mol. The van der Waals surface area contributed by atoms with Gasteiger partial charge in [-0.1, -0.05) is 0 Å². The van der Waals surface area contributed by atoms with Crippen molar-refractivity contribution in [2.24, 2.45) is 9.98 Å². The van der Waals surface area contributed by atoms with Crippen LogP contribution >= 0.6 is 11.5 Å². The number of amidine groups is 1. The standard InChI is InChI=1S/C15H13F3N6O2S/c1-7-12(13(26)22-8-2-3-11(25)21-4-8)14(27-24-7)23-10-6-19-9(5-20-10)15(16,17)18/h2-4,6,9H,5H2,1H3,(H,20,23)(H,21,25)(H,22,26). The molecule has 3 rings (SSSR count). The number of alkyl halides is 3. The van der Waals surface area contributed by atoms with Gasteiger partial charge >= 0.3 is 6.18 Å². The van der Waals surface area contributed by atoms with Crippen LogP contribution in [-0.2, 0) is 0 Å². The first-order valence-corrected chi connectivity index (χ1v) is 8.39. The Morgan fingerprint density at radius 2 is 2.15 bits per heavy atom. The van der Waals surface area contributed by atoms with Crippen molar-refractivity contribution in [1.82, 2.24) is 9.36 Å². The molecule has 27 heavy (non-hydrogen) atoms. The average molecular weight is 398 g/mol. The molecule has 12 heteroatoms. The SMILES string of the molecule is Cc1nsc(NC2=NCC(C(F)(F)F)N=C2)c1C(=O)Nc1ccc(=O)[nH]c1. The Hall–Kier alpha value is -3.02. The number of nitrogens with zero attached hydrogens (tertiary/aromatic N) is 3. The minimum Gasteiger partial charge on any atom is -0.329 e. The monoisotopic (exact) mass is 398 g/mol. The highest BCUT2D eigenvalue weighted by Gasteiger charge is 2.40. The summed E-state index contributed by atoms with van der Waals surface area (Å²) in [5.74, 6) is -0.380. The summed E-state index contributed by atoms with van der Waals surface area (Å²) in [7, 11) is 0. The Labute approximate surface area is 154 Å². The van der Waals surface area contributed by atoms with Gasteiger partial charge in [-0.05, 0) is 24.5 Å². The Kier molecular flexibility index (Phi) is 5.08. The van der Waals surface area contributed by atoms with Gasteiger partial charge in [-0.15, -0.1) is 0 Å². The van der Waals surface area contributed by atoms with Crippen molar-refractivity contribution in [2.75, 3.05) is 17.2 Å². The van der Waals surface area contributed by atoms with Crippen LogP contribution in [0.4, 0.5) is 23.9 Å². The molecule has 0 saturated heterocycles. The number of pyridine rings is 1. The lowest BCUT2D eigenvalue weighted by Crippen LogP contribution is -2.34. The van der Waals surface area contributed by atoms with Gasteiger partial charge in [0, 0.05) is 12.3 Å². The fraction of sp³-hybridized carbons (Fsp3) is 0.267. The van der Waals surface area contributed by atoms with Crippen LogP contribution in [0.25, 0.3) is 0 Å². The molecule has 1 aliphatic heterocycles. The van der Waals surface area contributed by atoms with E-state index in [1.54, 1.807) is 6.92 Å². The lowest BCUT2D eigenvalue weighted by molar-refractivity contribution is -0.144. The lowest BCUT2D eigenvalue weighted by atomic mass is 10.2. The minimum atomic E-state index is -4.45. The second kappa shape index (κ2) is 7.31. The van der Waals surface area contributed by atoms with Crippen LogP contribution in [0.3, 0.4) is 0 Å². The Bertz CT molecular complexity index is 958. The number of anilines is 2. The van der Waals surface area contributed by atoms with E-state index in [2.05, 4.69) is 30.0 Å². The molecule has 1 atom stereocenters. The van der Waals surface area contributed by atoms with E-state index in [-0.39, 0.29) is 17.0 Å². The smallest absolute Gasteiger partial charge is 0.329 e. The maximum atomic E-state index is 12.6. The number of rotatable bonds is 3. The number of aromatic nitrogens is 2. The Morgan fingerprint density at radius 3 is 2.74 bits per heavy atom. The van der Waals surface area contributed by atoms with E-state index >= 15 is 0 Å². The summed E-state index contributed by atoms with van der Waals surface area (Å²) in [6.45, 7) is 1.10. The zero-order chi connectivity index (χ0) is 19.6. The first kappa shape index (κ1) is 18.8. The third-order valence-electron chi connectivity index (χ3n) is 3.56. The number of aromatic amines is 1. The molecule has 0 aliphatic carbocycles. The first-order valence-electron chi connectivity index (χ1n) is 7.62. The summed E-state index contributed by atoms with van der Waals surface area (Å²) in [6, 6.07) is 0.834. The van der Waals surface area contributed by atoms with E-state index in [0.717, 1.165) is 17.7 Å². The molecule has 142 valence electrons. The highest BCUT2D eigenvalue weighted by atomic mass is 32.1. The first-order chi connectivity index (χ1) is 12.7. The largest absolute Gasteiger partial charge is 0.412 e. The molecule has 1 unspecified atom stereocenters. The van der Waals surface area contributed by atoms with Crippen molar-refractivity contribution in [1.29, 1.82) is 0 Å². The number of hydrogen-bond acceptors (Lipinski definition) is 7. The van der Waals surface area contributed by atoms with Gasteiger partial charge < -0.3 is 15.6 Å². The van der Waals surface area contributed by atoms with Crippen LogP contribution in [0, 0.1) is 6.92 Å². The van der Waals surface area contributed by atoms with Crippen molar-refractivity contribution in [3.8, 4) is 0 Å². The number of carbonyl (C=O) groups excluding carboxylic acids is 1. The molecular formula is C15H13F3N6O2S. The van der Waals surface area contributed by atoms with Crippen LogP contribution in [0.15, 0.2) is 33.1 Å². The topological polar surface area (TPSA) is 112 Å². The van der Waals surface area contributed by atoms with Gasteiger partial charge in [0.05, 0.1) is 29.7 Å². The maximum Gasteiger partial charge on any atom is 0.412 e. The summed E-state index contributed by atoms with van der Waals surface area (Å²) >= 11 is 0.973. The molecular weight excluding hydrogens is 385 g/mol. The fourth-order valence-electron chi connectivity index (χ4n) is 2.21. The second-order valence-corrected chi connectivity index (χ2v) is 6.33. The molecule has 0 fully saturated rings. The third-order valence-corrected chi connectivity index (χ3v) is 4.42. The number of aryl methyl sites for hydroxylation is 1. The molecule has 2 aromatic heterocycles. The maximum absolute atomic E-state index is 12.6. The molecule has 1 amide bonds. The van der Waals surface area contributed by atoms with E-state index in [0.29, 0.717) is 16.4 Å². The van der Waals surface area contributed by atoms with E-state index in [4.69, 9.17) is 0 Å². The average Bonchev–Trinajstić information content (AvgIpc) is 2.97. The second-order valence-electron chi connectivity index (χ2n) is 5.55. The quantitative estimate of drug-likeness (QED) is 0.736. The molecule has 0 radical (unpaired) electrons. The van der Waals surface area contributed by atoms with Gasteiger partial charge in [0.2, 0.25) is 5.56 Å². The van der Waals surface area contributed by atoms with Crippen molar-refractivity contribution in [2.45, 2.75) is 19.1 Å². The van der Waals surface area contributed by atoms with Gasteiger partial charge in [-0.3, -0.25) is 19.6 Å². The van der Waals surface area contributed by atoms with Gasteiger partial charge in [0.1, 0.15) is 10.8 Å². The highest BCUT2D eigenvalue weighted by molar-refractivity contribution is 7.11. The van der Waals surface area contributed by atoms with E-state index in [1.807, 2.05) is 0 Å². The summed E-state index contributed by atoms with van der Waals surface area (Å²) in [5.41, 5.74) is 0.724. The third kappa shape index (κ3) is 4.39. The molecule has 0 aromatic carbocycles. The molecule has 0 saturated carbocycles. The lowest BCUT2D eigenvalue weighted by Gasteiger charge is -2.18. The van der Waals surface area contributed by atoms with Gasteiger partial charge in [-0.25, -0.2) is 0 Å². The number of hydrogen-bond donors (Lipinski definition) is 3. The summed E-state index contributed by atoms with van der Waals surface area (Å²) in [6.07, 6.45) is -2.12. The molecule has 1 aliphatic rings. The van der Waals surface area contributed by atoms with Gasteiger partial charge in [-0.2, -0.15) is 17.5 Å². The minimum absolute atomic E-state index is 0.109. The molecule has 3 heterocycles. The fourth-order valence-corrected chi connectivity index (χ4v) is 3.02. The Morgan fingerprint density at radius 1 is 1.37 bits per heavy atom. The van der Waals surface area contributed by atoms with Crippen LogP contribution < -0.4 is 16.2 Å². The summed E-state index contributed by atoms with van der Waals surface area (Å²) in [4.78, 5) is 33.3. The van der Waals surface area contributed by atoms with E-state index < -0.39 is 24.7 Å². The number of halogens is 3. The summed E-state index contributed by atoms with van der Waals surface area (Å²) < 4.78 is 41.9. The van der Waals surface area contributed by atoms with Crippen LogP contribution in [0.2, 0.25) is 0 Å². The van der Waals surface area contributed by atoms with Crippen LogP contribution in [0.5, 0.6) is 0 Å². The normalized spacial score (nSPS) is 16.7. The summed E-state index contributed by atoms with van der Waals surface area (Å²) in [5, 5.41) is 5.73. The van der Waals surface area contributed by atoms with Gasteiger partial charge in [0.15, 0.2) is 6.04 Å². The molecule has 2 aromatic rings.